The van der Waals surface area contributed by atoms with E-state index in [0.717, 1.165) is 0 Å². The van der Waals surface area contributed by atoms with E-state index in [9.17, 15) is 18.0 Å². The highest BCUT2D eigenvalue weighted by Crippen LogP contribution is 2.26. The van der Waals surface area contributed by atoms with Crippen LogP contribution in [0.4, 0.5) is 18.9 Å². The van der Waals surface area contributed by atoms with Gasteiger partial charge in [0.2, 0.25) is 11.8 Å². The number of nitrogens with one attached hydrogen (secondary N) is 1. The molecule has 0 radical (unpaired) electrons. The minimum Gasteiger partial charge on any atom is -0.466 e. The van der Waals surface area contributed by atoms with Crippen molar-refractivity contribution < 1.29 is 22.7 Å². The lowest BCUT2D eigenvalue weighted by molar-refractivity contribution is -0.153. The summed E-state index contributed by atoms with van der Waals surface area (Å²) in [5.41, 5.74) is 0.0335. The van der Waals surface area contributed by atoms with Crippen molar-refractivity contribution in [3.8, 4) is 5.88 Å². The molecule has 1 amide bonds. The monoisotopic (exact) mass is 268 g/mol. The summed E-state index contributed by atoms with van der Waals surface area (Å²) >= 11 is 5.52. The Hall–Kier alpha value is -1.50. The first-order chi connectivity index (χ1) is 7.78. The van der Waals surface area contributed by atoms with Gasteiger partial charge in [0.25, 0.3) is 0 Å². The van der Waals surface area contributed by atoms with Crippen molar-refractivity contribution in [1.82, 2.24) is 4.98 Å². The van der Waals surface area contributed by atoms with Gasteiger partial charge < -0.3 is 10.1 Å². The molecular weight excluding hydrogens is 261 g/mol. The number of rotatable bonds is 3. The molecule has 0 bridgehead atoms. The third kappa shape index (κ3) is 4.90. The van der Waals surface area contributed by atoms with E-state index in [1.54, 1.807) is 0 Å². The first-order valence-corrected chi connectivity index (χ1v) is 4.79. The van der Waals surface area contributed by atoms with E-state index in [2.05, 4.69) is 15.0 Å². The van der Waals surface area contributed by atoms with Crippen molar-refractivity contribution in [1.29, 1.82) is 0 Å². The van der Waals surface area contributed by atoms with Gasteiger partial charge in [-0.1, -0.05) is 11.6 Å². The molecule has 0 aliphatic carbocycles. The fraction of sp³-hybridized carbons (Fsp3) is 0.333. The fourth-order valence-corrected chi connectivity index (χ4v) is 1.10. The number of halogens is 4. The Morgan fingerprint density at radius 3 is 2.71 bits per heavy atom. The van der Waals surface area contributed by atoms with Crippen LogP contribution in [0.1, 0.15) is 6.92 Å². The van der Waals surface area contributed by atoms with Gasteiger partial charge >= 0.3 is 6.18 Å². The van der Waals surface area contributed by atoms with Gasteiger partial charge in [-0.2, -0.15) is 18.2 Å². The van der Waals surface area contributed by atoms with Crippen LogP contribution in [-0.4, -0.2) is 23.7 Å². The normalized spacial score (nSPS) is 11.1. The van der Waals surface area contributed by atoms with Crippen molar-refractivity contribution in [3.05, 3.63) is 17.3 Å². The highest BCUT2D eigenvalue weighted by atomic mass is 35.5. The lowest BCUT2D eigenvalue weighted by Crippen LogP contribution is -2.20. The summed E-state index contributed by atoms with van der Waals surface area (Å²) in [6.45, 7) is -0.297. The number of ether oxygens (including phenoxy) is 1. The van der Waals surface area contributed by atoms with Crippen LogP contribution in [-0.2, 0) is 4.79 Å². The van der Waals surface area contributed by atoms with Crippen LogP contribution in [0.3, 0.4) is 0 Å². The smallest absolute Gasteiger partial charge is 0.422 e. The van der Waals surface area contributed by atoms with Crippen molar-refractivity contribution in [2.75, 3.05) is 11.9 Å². The summed E-state index contributed by atoms with van der Waals surface area (Å²) in [5, 5.41) is 2.25. The van der Waals surface area contributed by atoms with Crippen molar-refractivity contribution in [2.45, 2.75) is 13.1 Å². The third-order valence-electron chi connectivity index (χ3n) is 1.51. The van der Waals surface area contributed by atoms with E-state index in [-0.39, 0.29) is 16.7 Å². The Labute approximate surface area is 99.7 Å². The van der Waals surface area contributed by atoms with Crippen LogP contribution in [0.2, 0.25) is 5.15 Å². The minimum absolute atomic E-state index is 0.0312. The van der Waals surface area contributed by atoms with Crippen molar-refractivity contribution in [3.63, 3.8) is 0 Å². The Bertz CT molecular complexity index is 423. The predicted octanol–water partition coefficient (Wildman–Crippen LogP) is 2.63. The van der Waals surface area contributed by atoms with Crippen molar-refractivity contribution in [2.24, 2.45) is 0 Å². The highest BCUT2D eigenvalue weighted by Gasteiger charge is 2.29. The second kappa shape index (κ2) is 5.22. The van der Waals surface area contributed by atoms with Crippen LogP contribution in [0.25, 0.3) is 0 Å². The molecular formula is C9H8ClF3N2O2. The molecule has 8 heteroatoms. The number of hydrogen-bond acceptors (Lipinski definition) is 3. The van der Waals surface area contributed by atoms with E-state index in [1.165, 1.54) is 19.1 Å². The molecule has 1 rings (SSSR count). The second-order valence-corrected chi connectivity index (χ2v) is 3.46. The molecule has 94 valence electrons. The zero-order valence-corrected chi connectivity index (χ0v) is 9.39. The number of aromatic nitrogens is 1. The molecule has 0 aliphatic heterocycles. The molecule has 0 saturated carbocycles. The topological polar surface area (TPSA) is 51.2 Å². The zero-order valence-electron chi connectivity index (χ0n) is 8.64. The second-order valence-electron chi connectivity index (χ2n) is 3.07. The quantitative estimate of drug-likeness (QED) is 0.858. The maximum absolute atomic E-state index is 12.0. The average molecular weight is 269 g/mol. The van der Waals surface area contributed by atoms with E-state index in [4.69, 9.17) is 11.6 Å². The number of carbonyl (C=O) groups excluding carboxylic acids is 1. The molecule has 0 aromatic carbocycles. The predicted molar refractivity (Wildman–Crippen MR) is 55.1 cm³/mol. The van der Waals surface area contributed by atoms with Crippen LogP contribution < -0.4 is 10.1 Å². The lowest BCUT2D eigenvalue weighted by atomic mass is 10.4. The molecule has 4 nitrogen and oxygen atoms in total. The molecule has 1 heterocycles. The van der Waals surface area contributed by atoms with Gasteiger partial charge in [0.05, 0.1) is 0 Å². The molecule has 1 N–H and O–H groups in total. The number of amides is 1. The average Bonchev–Trinajstić information content (AvgIpc) is 2.16. The van der Waals surface area contributed by atoms with Crippen molar-refractivity contribution >= 4 is 23.2 Å². The number of carbonyl (C=O) groups is 1. The van der Waals surface area contributed by atoms with Gasteiger partial charge in [-0.3, -0.25) is 4.79 Å². The summed E-state index contributed by atoms with van der Waals surface area (Å²) < 4.78 is 40.3. The van der Waals surface area contributed by atoms with Gasteiger partial charge in [0.15, 0.2) is 6.61 Å². The largest absolute Gasteiger partial charge is 0.466 e. The van der Waals surface area contributed by atoms with Gasteiger partial charge in [-0.05, 0) is 12.1 Å². The van der Waals surface area contributed by atoms with Gasteiger partial charge in [-0.25, -0.2) is 0 Å². The molecule has 0 atom stereocenters. The molecule has 17 heavy (non-hydrogen) atoms. The molecule has 0 spiro atoms. The zero-order chi connectivity index (χ0) is 13.1. The molecule has 0 unspecified atom stereocenters. The summed E-state index contributed by atoms with van der Waals surface area (Å²) in [6.07, 6.45) is -4.49. The summed E-state index contributed by atoms with van der Waals surface area (Å²) in [4.78, 5) is 14.4. The Morgan fingerprint density at radius 2 is 2.18 bits per heavy atom. The number of alkyl halides is 3. The maximum Gasteiger partial charge on any atom is 0.422 e. The SMILES string of the molecule is CC(=O)Nc1ccc(Cl)nc1OCC(F)(F)F. The molecule has 0 saturated heterocycles. The van der Waals surface area contributed by atoms with Gasteiger partial charge in [0, 0.05) is 6.92 Å². The van der Waals surface area contributed by atoms with E-state index in [1.807, 2.05) is 0 Å². The van der Waals surface area contributed by atoms with Gasteiger partial charge in [0.1, 0.15) is 10.8 Å². The summed E-state index contributed by atoms with van der Waals surface area (Å²) in [5.74, 6) is -0.823. The number of nitrogens with zero attached hydrogens (tertiary/aromatic N) is 1. The Balaban J connectivity index is 2.87. The highest BCUT2D eigenvalue weighted by molar-refractivity contribution is 6.29. The third-order valence-corrected chi connectivity index (χ3v) is 1.72. The van der Waals surface area contributed by atoms with E-state index >= 15 is 0 Å². The minimum atomic E-state index is -4.49. The molecule has 1 aromatic heterocycles. The summed E-state index contributed by atoms with van der Waals surface area (Å²) in [6, 6.07) is 2.63. The standard InChI is InChI=1S/C9H8ClF3N2O2/c1-5(16)14-6-2-3-7(10)15-8(6)17-4-9(11,12)13/h2-3H,4H2,1H3,(H,14,16). The van der Waals surface area contributed by atoms with E-state index in [0.29, 0.717) is 0 Å². The Kier molecular flexibility index (Phi) is 4.17. The molecule has 0 fully saturated rings. The van der Waals surface area contributed by atoms with Gasteiger partial charge in [-0.15, -0.1) is 0 Å². The first-order valence-electron chi connectivity index (χ1n) is 4.41. The van der Waals surface area contributed by atoms with Crippen LogP contribution in [0, 0.1) is 0 Å². The number of hydrogen-bond donors (Lipinski definition) is 1. The van der Waals surface area contributed by atoms with Crippen LogP contribution in [0.5, 0.6) is 5.88 Å². The van der Waals surface area contributed by atoms with E-state index < -0.39 is 18.7 Å². The maximum atomic E-state index is 12.0. The first kappa shape index (κ1) is 13.6. The van der Waals surface area contributed by atoms with Crippen LogP contribution in [0.15, 0.2) is 12.1 Å². The number of anilines is 1. The fourth-order valence-electron chi connectivity index (χ4n) is 0.963. The molecule has 0 aliphatic rings. The molecule has 1 aromatic rings. The number of pyridine rings is 1. The lowest BCUT2D eigenvalue weighted by Gasteiger charge is -2.12. The van der Waals surface area contributed by atoms with Crippen LogP contribution >= 0.6 is 11.6 Å². The summed E-state index contributed by atoms with van der Waals surface area (Å²) in [7, 11) is 0. The Morgan fingerprint density at radius 1 is 1.53 bits per heavy atom.